The molecule has 0 saturated carbocycles. The topological polar surface area (TPSA) is 57.6 Å². The number of rotatable bonds is 2. The predicted octanol–water partition coefficient (Wildman–Crippen LogP) is 0.885. The molecule has 0 aromatic heterocycles. The van der Waals surface area contributed by atoms with Gasteiger partial charge in [-0.1, -0.05) is 0 Å². The summed E-state index contributed by atoms with van der Waals surface area (Å²) in [7, 11) is 0. The van der Waals surface area contributed by atoms with Crippen LogP contribution in [0.3, 0.4) is 0 Å². The first-order chi connectivity index (χ1) is 6.91. The lowest BCUT2D eigenvalue weighted by Crippen LogP contribution is -2.45. The third-order valence-corrected chi connectivity index (χ3v) is 2.07. The van der Waals surface area contributed by atoms with Gasteiger partial charge < -0.3 is 10.0 Å². The smallest absolute Gasteiger partial charge is 0.328 e. The number of nitrogens with zero attached hydrogens (tertiary/aromatic N) is 1. The highest BCUT2D eigenvalue weighted by Crippen LogP contribution is 2.26. The molecule has 84 valence electrons. The Balaban J connectivity index is 2.57. The standard InChI is InChI=1S/C9H11F2NO3/c10-9(11)4-1-5-12(6-9)7(13)2-3-8(14)15/h2-3H,1,4-6H2,(H,14,15)/b3-2+. The van der Waals surface area contributed by atoms with Gasteiger partial charge in [-0.15, -0.1) is 0 Å². The molecule has 0 aliphatic carbocycles. The Labute approximate surface area is 85.2 Å². The molecule has 1 fully saturated rings. The highest BCUT2D eigenvalue weighted by molar-refractivity contribution is 5.93. The number of carboxylic acid groups (broad SMARTS) is 1. The summed E-state index contributed by atoms with van der Waals surface area (Å²) in [5, 5.41) is 8.26. The number of halogens is 2. The minimum Gasteiger partial charge on any atom is -0.478 e. The predicted molar refractivity (Wildman–Crippen MR) is 47.5 cm³/mol. The van der Waals surface area contributed by atoms with Gasteiger partial charge in [-0.3, -0.25) is 4.79 Å². The van der Waals surface area contributed by atoms with Crippen LogP contribution >= 0.6 is 0 Å². The van der Waals surface area contributed by atoms with Crippen molar-refractivity contribution in [1.29, 1.82) is 0 Å². The Morgan fingerprint density at radius 1 is 1.33 bits per heavy atom. The molecule has 1 amide bonds. The van der Waals surface area contributed by atoms with Gasteiger partial charge in [-0.05, 0) is 6.42 Å². The fraction of sp³-hybridized carbons (Fsp3) is 0.556. The summed E-state index contributed by atoms with van der Waals surface area (Å²) >= 11 is 0. The Bertz CT molecular complexity index is 302. The molecule has 0 atom stereocenters. The average Bonchev–Trinajstić information content (AvgIpc) is 2.12. The molecule has 1 saturated heterocycles. The van der Waals surface area contributed by atoms with Gasteiger partial charge in [-0.25, -0.2) is 13.6 Å². The molecule has 1 aliphatic rings. The van der Waals surface area contributed by atoms with Crippen molar-refractivity contribution in [2.24, 2.45) is 0 Å². The number of aliphatic carboxylic acids is 1. The van der Waals surface area contributed by atoms with E-state index in [-0.39, 0.29) is 19.4 Å². The van der Waals surface area contributed by atoms with E-state index >= 15 is 0 Å². The molecule has 0 spiro atoms. The molecule has 15 heavy (non-hydrogen) atoms. The molecule has 0 unspecified atom stereocenters. The fourth-order valence-corrected chi connectivity index (χ4v) is 1.40. The Hall–Kier alpha value is -1.46. The lowest BCUT2D eigenvalue weighted by Gasteiger charge is -2.31. The van der Waals surface area contributed by atoms with Crippen molar-refractivity contribution in [1.82, 2.24) is 4.90 Å². The van der Waals surface area contributed by atoms with Gasteiger partial charge in [0, 0.05) is 25.1 Å². The van der Waals surface area contributed by atoms with Crippen molar-refractivity contribution in [2.75, 3.05) is 13.1 Å². The summed E-state index contributed by atoms with van der Waals surface area (Å²) in [6.45, 7) is -0.381. The number of hydrogen-bond donors (Lipinski definition) is 1. The van der Waals surface area contributed by atoms with Gasteiger partial charge in [0.15, 0.2) is 0 Å². The molecule has 0 radical (unpaired) electrons. The summed E-state index contributed by atoms with van der Waals surface area (Å²) in [4.78, 5) is 22.3. The van der Waals surface area contributed by atoms with Crippen molar-refractivity contribution >= 4 is 11.9 Å². The number of amides is 1. The van der Waals surface area contributed by atoms with Crippen molar-refractivity contribution < 1.29 is 23.5 Å². The largest absolute Gasteiger partial charge is 0.478 e. The maximum atomic E-state index is 12.9. The van der Waals surface area contributed by atoms with Crippen LogP contribution in [0.4, 0.5) is 8.78 Å². The summed E-state index contributed by atoms with van der Waals surface area (Å²) in [5.74, 6) is -4.81. The van der Waals surface area contributed by atoms with E-state index in [1.807, 2.05) is 0 Å². The van der Waals surface area contributed by atoms with E-state index in [1.165, 1.54) is 0 Å². The maximum Gasteiger partial charge on any atom is 0.328 e. The van der Waals surface area contributed by atoms with Crippen LogP contribution < -0.4 is 0 Å². The first-order valence-electron chi connectivity index (χ1n) is 4.48. The monoisotopic (exact) mass is 219 g/mol. The zero-order chi connectivity index (χ0) is 11.5. The van der Waals surface area contributed by atoms with Crippen LogP contribution in [0.2, 0.25) is 0 Å². The minimum atomic E-state index is -2.86. The molecule has 0 aromatic rings. The Kier molecular flexibility index (Phi) is 3.39. The van der Waals surface area contributed by atoms with Crippen molar-refractivity contribution in [3.63, 3.8) is 0 Å². The van der Waals surface area contributed by atoms with Gasteiger partial charge in [0.05, 0.1) is 6.54 Å². The second-order valence-corrected chi connectivity index (χ2v) is 3.39. The number of carboxylic acids is 1. The van der Waals surface area contributed by atoms with E-state index in [4.69, 9.17) is 5.11 Å². The second kappa shape index (κ2) is 4.37. The summed E-state index contributed by atoms with van der Waals surface area (Å²) < 4.78 is 25.8. The lowest BCUT2D eigenvalue weighted by atomic mass is 10.1. The highest BCUT2D eigenvalue weighted by Gasteiger charge is 2.36. The van der Waals surface area contributed by atoms with Crippen LogP contribution in [-0.4, -0.2) is 40.9 Å². The molecule has 1 aliphatic heterocycles. The molecule has 1 heterocycles. The average molecular weight is 219 g/mol. The van der Waals surface area contributed by atoms with Gasteiger partial charge in [0.2, 0.25) is 5.91 Å². The number of carbonyl (C=O) groups excluding carboxylic acids is 1. The SMILES string of the molecule is O=C(O)/C=C/C(=O)N1CCCC(F)(F)C1. The van der Waals surface area contributed by atoms with Crippen molar-refractivity contribution in [2.45, 2.75) is 18.8 Å². The molecule has 1 N–H and O–H groups in total. The Morgan fingerprint density at radius 3 is 2.53 bits per heavy atom. The molecule has 4 nitrogen and oxygen atoms in total. The molecule has 6 heteroatoms. The number of alkyl halides is 2. The Morgan fingerprint density at radius 2 is 2.00 bits per heavy atom. The van der Waals surface area contributed by atoms with E-state index in [2.05, 4.69) is 0 Å². The molecule has 0 bridgehead atoms. The molecule has 1 rings (SSSR count). The molecular weight excluding hydrogens is 208 g/mol. The second-order valence-electron chi connectivity index (χ2n) is 3.39. The van der Waals surface area contributed by atoms with Crippen LogP contribution in [-0.2, 0) is 9.59 Å². The van der Waals surface area contributed by atoms with E-state index in [9.17, 15) is 18.4 Å². The van der Waals surface area contributed by atoms with Crippen molar-refractivity contribution in [3.8, 4) is 0 Å². The van der Waals surface area contributed by atoms with Gasteiger partial charge in [0.25, 0.3) is 5.92 Å². The zero-order valence-corrected chi connectivity index (χ0v) is 7.95. The molecular formula is C9H11F2NO3. The maximum absolute atomic E-state index is 12.9. The van der Waals surface area contributed by atoms with E-state index in [1.54, 1.807) is 0 Å². The van der Waals surface area contributed by atoms with Gasteiger partial charge >= 0.3 is 5.97 Å². The van der Waals surface area contributed by atoms with Gasteiger partial charge in [0.1, 0.15) is 0 Å². The van der Waals surface area contributed by atoms with E-state index in [0.29, 0.717) is 6.08 Å². The van der Waals surface area contributed by atoms with Crippen LogP contribution in [0, 0.1) is 0 Å². The molecule has 0 aromatic carbocycles. The summed E-state index contributed by atoms with van der Waals surface area (Å²) in [6, 6.07) is 0. The first-order valence-corrected chi connectivity index (χ1v) is 4.48. The normalized spacial score (nSPS) is 20.5. The van der Waals surface area contributed by atoms with E-state index in [0.717, 1.165) is 11.0 Å². The first kappa shape index (κ1) is 11.6. The lowest BCUT2D eigenvalue weighted by molar-refractivity contribution is -0.137. The van der Waals surface area contributed by atoms with Crippen molar-refractivity contribution in [3.05, 3.63) is 12.2 Å². The third kappa shape index (κ3) is 3.65. The quantitative estimate of drug-likeness (QED) is 0.701. The number of piperidine rings is 1. The van der Waals surface area contributed by atoms with Crippen LogP contribution in [0.5, 0.6) is 0 Å². The van der Waals surface area contributed by atoms with Gasteiger partial charge in [-0.2, -0.15) is 0 Å². The van der Waals surface area contributed by atoms with Crippen LogP contribution in [0.25, 0.3) is 0 Å². The van der Waals surface area contributed by atoms with E-state index < -0.39 is 24.3 Å². The fourth-order valence-electron chi connectivity index (χ4n) is 1.40. The summed E-state index contributed by atoms with van der Waals surface area (Å²) in [5.41, 5.74) is 0. The van der Waals surface area contributed by atoms with Crippen LogP contribution in [0.1, 0.15) is 12.8 Å². The summed E-state index contributed by atoms with van der Waals surface area (Å²) in [6.07, 6.45) is 1.46. The third-order valence-electron chi connectivity index (χ3n) is 2.07. The minimum absolute atomic E-state index is 0.223. The number of hydrogen-bond acceptors (Lipinski definition) is 2. The zero-order valence-electron chi connectivity index (χ0n) is 7.95. The highest BCUT2D eigenvalue weighted by atomic mass is 19.3. The number of likely N-dealkylation sites (tertiary alicyclic amines) is 1. The van der Waals surface area contributed by atoms with Crippen LogP contribution in [0.15, 0.2) is 12.2 Å². The number of carbonyl (C=O) groups is 2.